The van der Waals surface area contributed by atoms with Gasteiger partial charge in [-0.2, -0.15) is 0 Å². The van der Waals surface area contributed by atoms with Crippen LogP contribution in [-0.2, 0) is 9.53 Å². The molecule has 0 aromatic rings. The Morgan fingerprint density at radius 2 is 2.35 bits per heavy atom. The monoisotopic (exact) mass is 242 g/mol. The first-order chi connectivity index (χ1) is 8.24. The molecule has 0 aromatic heterocycles. The molecule has 2 N–H and O–H groups in total. The minimum Gasteiger partial charge on any atom is -0.381 e. The van der Waals surface area contributed by atoms with Crippen LogP contribution in [-0.4, -0.2) is 38.3 Å². The molecule has 0 bridgehead atoms. The first-order valence-electron chi connectivity index (χ1n) is 6.82. The number of nitrogens with one attached hydrogen (secondary N) is 2. The van der Waals surface area contributed by atoms with Gasteiger partial charge in [0.15, 0.2) is 0 Å². The third kappa shape index (κ3) is 6.03. The maximum Gasteiger partial charge on any atom is 0.222 e. The van der Waals surface area contributed by atoms with Crippen LogP contribution in [0.1, 0.15) is 39.5 Å². The molecule has 4 nitrogen and oxygen atoms in total. The number of ether oxygens (including phenoxy) is 1. The van der Waals surface area contributed by atoms with Crippen LogP contribution in [0.15, 0.2) is 0 Å². The summed E-state index contributed by atoms with van der Waals surface area (Å²) in [6.45, 7) is 7.58. The lowest BCUT2D eigenvalue weighted by molar-refractivity contribution is -0.123. The Hall–Kier alpha value is -0.610. The molecule has 1 amide bonds. The molecule has 2 atom stereocenters. The average Bonchev–Trinajstić information content (AvgIpc) is 2.36. The second-order valence-electron chi connectivity index (χ2n) is 4.82. The first kappa shape index (κ1) is 14.5. The van der Waals surface area contributed by atoms with E-state index >= 15 is 0 Å². The van der Waals surface area contributed by atoms with Gasteiger partial charge in [0.2, 0.25) is 5.91 Å². The van der Waals surface area contributed by atoms with Gasteiger partial charge < -0.3 is 15.4 Å². The predicted molar refractivity (Wildman–Crippen MR) is 68.9 cm³/mol. The van der Waals surface area contributed by atoms with E-state index in [0.29, 0.717) is 18.9 Å². The van der Waals surface area contributed by atoms with Crippen molar-refractivity contribution >= 4 is 5.91 Å². The number of hydrogen-bond donors (Lipinski definition) is 2. The summed E-state index contributed by atoms with van der Waals surface area (Å²) in [5.74, 6) is 0.684. The van der Waals surface area contributed by atoms with Gasteiger partial charge in [0.25, 0.3) is 0 Å². The summed E-state index contributed by atoms with van der Waals surface area (Å²) in [6.07, 6.45) is 3.90. The molecule has 0 spiro atoms. The van der Waals surface area contributed by atoms with Crippen LogP contribution in [0.5, 0.6) is 0 Å². The van der Waals surface area contributed by atoms with Gasteiger partial charge in [0.05, 0.1) is 6.61 Å². The van der Waals surface area contributed by atoms with Crippen molar-refractivity contribution in [2.45, 2.75) is 45.6 Å². The number of hydrogen-bond acceptors (Lipinski definition) is 3. The summed E-state index contributed by atoms with van der Waals surface area (Å²) >= 11 is 0. The van der Waals surface area contributed by atoms with Crippen LogP contribution >= 0.6 is 0 Å². The van der Waals surface area contributed by atoms with E-state index in [1.807, 2.05) is 0 Å². The van der Waals surface area contributed by atoms with Gasteiger partial charge in [-0.25, -0.2) is 0 Å². The number of carbonyl (C=O) groups excluding carboxylic acids is 1. The summed E-state index contributed by atoms with van der Waals surface area (Å²) in [5, 5.41) is 6.44. The Morgan fingerprint density at radius 1 is 1.53 bits per heavy atom. The van der Waals surface area contributed by atoms with Gasteiger partial charge in [0.1, 0.15) is 0 Å². The standard InChI is InChI=1S/C13H26N2O2/c1-3-8-17-9-6-13(16)15-11(2)12-5-4-7-14-10-12/h11-12,14H,3-10H2,1-2H3,(H,15,16). The molecular formula is C13H26N2O2. The van der Waals surface area contributed by atoms with Crippen LogP contribution in [0.2, 0.25) is 0 Å². The Kier molecular flexibility index (Phi) is 7.21. The fourth-order valence-corrected chi connectivity index (χ4v) is 2.16. The molecule has 1 heterocycles. The summed E-state index contributed by atoms with van der Waals surface area (Å²) in [5.41, 5.74) is 0. The Morgan fingerprint density at radius 3 is 3.00 bits per heavy atom. The second-order valence-corrected chi connectivity index (χ2v) is 4.82. The Balaban J connectivity index is 2.11. The van der Waals surface area contributed by atoms with E-state index in [4.69, 9.17) is 4.74 Å². The minimum atomic E-state index is 0.110. The second kappa shape index (κ2) is 8.48. The van der Waals surface area contributed by atoms with E-state index in [0.717, 1.165) is 26.1 Å². The van der Waals surface area contributed by atoms with E-state index in [2.05, 4.69) is 24.5 Å². The lowest BCUT2D eigenvalue weighted by atomic mass is 9.93. The fraction of sp³-hybridized carbons (Fsp3) is 0.923. The van der Waals surface area contributed by atoms with Gasteiger partial charge in [-0.1, -0.05) is 6.92 Å². The molecule has 1 rings (SSSR count). The highest BCUT2D eigenvalue weighted by Crippen LogP contribution is 2.14. The largest absolute Gasteiger partial charge is 0.381 e. The molecule has 0 radical (unpaired) electrons. The number of rotatable bonds is 7. The molecule has 1 fully saturated rings. The van der Waals surface area contributed by atoms with Crippen molar-refractivity contribution in [3.63, 3.8) is 0 Å². The normalized spacial score (nSPS) is 22.1. The minimum absolute atomic E-state index is 0.110. The van der Waals surface area contributed by atoms with E-state index in [1.165, 1.54) is 12.8 Å². The predicted octanol–water partition coefficient (Wildman–Crippen LogP) is 1.31. The van der Waals surface area contributed by atoms with Gasteiger partial charge in [-0.05, 0) is 45.2 Å². The van der Waals surface area contributed by atoms with Crippen molar-refractivity contribution in [2.75, 3.05) is 26.3 Å². The Labute approximate surface area is 104 Å². The molecule has 100 valence electrons. The van der Waals surface area contributed by atoms with Gasteiger partial charge in [-0.15, -0.1) is 0 Å². The lowest BCUT2D eigenvalue weighted by Gasteiger charge is -2.28. The zero-order chi connectivity index (χ0) is 12.5. The van der Waals surface area contributed by atoms with Crippen molar-refractivity contribution in [1.82, 2.24) is 10.6 Å². The molecule has 17 heavy (non-hydrogen) atoms. The zero-order valence-corrected chi connectivity index (χ0v) is 11.1. The molecule has 0 aliphatic carbocycles. The van der Waals surface area contributed by atoms with Crippen molar-refractivity contribution in [3.8, 4) is 0 Å². The zero-order valence-electron chi connectivity index (χ0n) is 11.1. The summed E-state index contributed by atoms with van der Waals surface area (Å²) in [6, 6.07) is 0.265. The van der Waals surface area contributed by atoms with Gasteiger partial charge in [0, 0.05) is 19.1 Å². The van der Waals surface area contributed by atoms with E-state index < -0.39 is 0 Å². The SMILES string of the molecule is CCCOCCC(=O)NC(C)C1CCCNC1. The smallest absolute Gasteiger partial charge is 0.222 e. The van der Waals surface area contributed by atoms with E-state index in [9.17, 15) is 4.79 Å². The summed E-state index contributed by atoms with van der Waals surface area (Å²) in [7, 11) is 0. The fourth-order valence-electron chi connectivity index (χ4n) is 2.16. The summed E-state index contributed by atoms with van der Waals surface area (Å²) in [4.78, 5) is 11.6. The highest BCUT2D eigenvalue weighted by molar-refractivity contribution is 5.76. The molecule has 0 aromatic carbocycles. The van der Waals surface area contributed by atoms with Crippen molar-refractivity contribution < 1.29 is 9.53 Å². The van der Waals surface area contributed by atoms with Gasteiger partial charge in [-0.3, -0.25) is 4.79 Å². The van der Waals surface area contributed by atoms with Crippen molar-refractivity contribution in [1.29, 1.82) is 0 Å². The third-order valence-corrected chi connectivity index (χ3v) is 3.25. The molecule has 1 saturated heterocycles. The van der Waals surface area contributed by atoms with Crippen LogP contribution in [0.25, 0.3) is 0 Å². The van der Waals surface area contributed by atoms with E-state index in [-0.39, 0.29) is 11.9 Å². The maximum atomic E-state index is 11.6. The number of carbonyl (C=O) groups is 1. The average molecular weight is 242 g/mol. The van der Waals surface area contributed by atoms with Gasteiger partial charge >= 0.3 is 0 Å². The highest BCUT2D eigenvalue weighted by atomic mass is 16.5. The third-order valence-electron chi connectivity index (χ3n) is 3.25. The highest BCUT2D eigenvalue weighted by Gasteiger charge is 2.20. The van der Waals surface area contributed by atoms with Crippen LogP contribution < -0.4 is 10.6 Å². The van der Waals surface area contributed by atoms with Crippen LogP contribution in [0.4, 0.5) is 0 Å². The molecule has 1 aliphatic rings. The van der Waals surface area contributed by atoms with Crippen LogP contribution in [0.3, 0.4) is 0 Å². The molecule has 0 saturated carbocycles. The Bertz CT molecular complexity index is 215. The number of amides is 1. The van der Waals surface area contributed by atoms with Crippen molar-refractivity contribution in [2.24, 2.45) is 5.92 Å². The lowest BCUT2D eigenvalue weighted by Crippen LogP contribution is -2.44. The quantitative estimate of drug-likeness (QED) is 0.662. The van der Waals surface area contributed by atoms with Crippen molar-refractivity contribution in [3.05, 3.63) is 0 Å². The molecule has 1 aliphatic heterocycles. The number of piperidine rings is 1. The molecule has 2 unspecified atom stereocenters. The first-order valence-corrected chi connectivity index (χ1v) is 6.82. The maximum absolute atomic E-state index is 11.6. The summed E-state index contributed by atoms with van der Waals surface area (Å²) < 4.78 is 5.31. The topological polar surface area (TPSA) is 50.4 Å². The molecule has 4 heteroatoms. The van der Waals surface area contributed by atoms with Crippen LogP contribution in [0, 0.1) is 5.92 Å². The van der Waals surface area contributed by atoms with E-state index in [1.54, 1.807) is 0 Å². The molecular weight excluding hydrogens is 216 g/mol.